The molecule has 21 heavy (non-hydrogen) atoms. The standard InChI is InChI=1S/C17H20ClFN2/c1-11-5-6-13(9-15(11)19)12(2)20-16-10-14(18)7-8-17(16)21(3)4/h5-10,12,20H,1-4H3. The fourth-order valence-electron chi connectivity index (χ4n) is 2.21. The van der Waals surface area contributed by atoms with E-state index in [1.807, 2.05) is 50.2 Å². The molecule has 2 nitrogen and oxygen atoms in total. The first kappa shape index (κ1) is 15.6. The summed E-state index contributed by atoms with van der Waals surface area (Å²) in [6, 6.07) is 11.0. The van der Waals surface area contributed by atoms with E-state index >= 15 is 0 Å². The van der Waals surface area contributed by atoms with Crippen molar-refractivity contribution in [2.24, 2.45) is 0 Å². The molecule has 0 aliphatic heterocycles. The Hall–Kier alpha value is -1.74. The maximum atomic E-state index is 13.7. The predicted molar refractivity (Wildman–Crippen MR) is 89.0 cm³/mol. The molecule has 0 bridgehead atoms. The molecule has 0 heterocycles. The van der Waals surface area contributed by atoms with Gasteiger partial charge in [-0.3, -0.25) is 0 Å². The topological polar surface area (TPSA) is 15.3 Å². The van der Waals surface area contributed by atoms with E-state index in [1.165, 1.54) is 0 Å². The van der Waals surface area contributed by atoms with E-state index in [1.54, 1.807) is 19.1 Å². The summed E-state index contributed by atoms with van der Waals surface area (Å²) in [4.78, 5) is 2.01. The average molecular weight is 307 g/mol. The number of hydrogen-bond acceptors (Lipinski definition) is 2. The third-order valence-electron chi connectivity index (χ3n) is 3.51. The van der Waals surface area contributed by atoms with Crippen molar-refractivity contribution in [1.82, 2.24) is 0 Å². The van der Waals surface area contributed by atoms with Crippen molar-refractivity contribution < 1.29 is 4.39 Å². The molecule has 0 saturated carbocycles. The van der Waals surface area contributed by atoms with Crippen LogP contribution in [-0.4, -0.2) is 14.1 Å². The summed E-state index contributed by atoms with van der Waals surface area (Å²) in [6.45, 7) is 3.77. The van der Waals surface area contributed by atoms with Crippen molar-refractivity contribution >= 4 is 23.0 Å². The van der Waals surface area contributed by atoms with Crippen LogP contribution in [-0.2, 0) is 0 Å². The van der Waals surface area contributed by atoms with Crippen LogP contribution in [0.5, 0.6) is 0 Å². The van der Waals surface area contributed by atoms with E-state index in [-0.39, 0.29) is 11.9 Å². The molecule has 0 aliphatic rings. The minimum atomic E-state index is -0.180. The van der Waals surface area contributed by atoms with Crippen molar-refractivity contribution in [3.8, 4) is 0 Å². The minimum absolute atomic E-state index is 0.0164. The number of halogens is 2. The third-order valence-corrected chi connectivity index (χ3v) is 3.74. The Morgan fingerprint density at radius 3 is 2.48 bits per heavy atom. The lowest BCUT2D eigenvalue weighted by atomic mass is 10.1. The highest BCUT2D eigenvalue weighted by atomic mass is 35.5. The lowest BCUT2D eigenvalue weighted by molar-refractivity contribution is 0.614. The van der Waals surface area contributed by atoms with Crippen LogP contribution in [0.1, 0.15) is 24.1 Å². The molecular formula is C17H20ClFN2. The highest BCUT2D eigenvalue weighted by Crippen LogP contribution is 2.31. The van der Waals surface area contributed by atoms with Crippen molar-refractivity contribution in [3.63, 3.8) is 0 Å². The van der Waals surface area contributed by atoms with Gasteiger partial charge in [0.05, 0.1) is 11.4 Å². The second-order valence-corrected chi connectivity index (χ2v) is 5.87. The molecule has 4 heteroatoms. The van der Waals surface area contributed by atoms with Gasteiger partial charge in [-0.2, -0.15) is 0 Å². The Morgan fingerprint density at radius 2 is 1.86 bits per heavy atom. The van der Waals surface area contributed by atoms with Crippen LogP contribution in [0.2, 0.25) is 5.02 Å². The first-order chi connectivity index (χ1) is 9.88. The molecule has 1 unspecified atom stereocenters. The number of anilines is 2. The highest BCUT2D eigenvalue weighted by molar-refractivity contribution is 6.31. The van der Waals surface area contributed by atoms with Crippen molar-refractivity contribution in [1.29, 1.82) is 0 Å². The normalized spacial score (nSPS) is 12.1. The Balaban J connectivity index is 2.28. The quantitative estimate of drug-likeness (QED) is 0.852. The molecule has 2 rings (SSSR count). The Morgan fingerprint density at radius 1 is 1.14 bits per heavy atom. The molecule has 1 N–H and O–H groups in total. The van der Waals surface area contributed by atoms with Crippen molar-refractivity contribution in [3.05, 3.63) is 58.4 Å². The lowest BCUT2D eigenvalue weighted by Gasteiger charge is -2.22. The second kappa shape index (κ2) is 6.35. The maximum Gasteiger partial charge on any atom is 0.126 e. The summed E-state index contributed by atoms with van der Waals surface area (Å²) >= 11 is 6.08. The zero-order chi connectivity index (χ0) is 15.6. The van der Waals surface area contributed by atoms with E-state index in [0.717, 1.165) is 16.9 Å². The molecule has 0 saturated heterocycles. The van der Waals surface area contributed by atoms with Crippen LogP contribution in [0.4, 0.5) is 15.8 Å². The first-order valence-electron chi connectivity index (χ1n) is 6.88. The van der Waals surface area contributed by atoms with Crippen molar-refractivity contribution in [2.75, 3.05) is 24.3 Å². The zero-order valence-electron chi connectivity index (χ0n) is 12.7. The molecule has 112 valence electrons. The van der Waals surface area contributed by atoms with Gasteiger partial charge < -0.3 is 10.2 Å². The van der Waals surface area contributed by atoms with Crippen molar-refractivity contribution in [2.45, 2.75) is 19.9 Å². The van der Waals surface area contributed by atoms with Crippen LogP contribution < -0.4 is 10.2 Å². The van der Waals surface area contributed by atoms with Gasteiger partial charge in [-0.1, -0.05) is 23.7 Å². The Bertz CT molecular complexity index is 641. The number of hydrogen-bond donors (Lipinski definition) is 1. The molecule has 0 aromatic heterocycles. The number of aryl methyl sites for hydroxylation is 1. The van der Waals surface area contributed by atoms with E-state index in [9.17, 15) is 4.39 Å². The van der Waals surface area contributed by atoms with Crippen LogP contribution in [0.15, 0.2) is 36.4 Å². The maximum absolute atomic E-state index is 13.7. The highest BCUT2D eigenvalue weighted by Gasteiger charge is 2.11. The van der Waals surface area contributed by atoms with E-state index in [2.05, 4.69) is 5.32 Å². The van der Waals surface area contributed by atoms with Crippen LogP contribution >= 0.6 is 11.6 Å². The number of nitrogens with one attached hydrogen (secondary N) is 1. The van der Waals surface area contributed by atoms with Crippen LogP contribution in [0.3, 0.4) is 0 Å². The van der Waals surface area contributed by atoms with Gasteiger partial charge in [-0.05, 0) is 49.2 Å². The number of benzene rings is 2. The van der Waals surface area contributed by atoms with E-state index in [0.29, 0.717) is 10.6 Å². The van der Waals surface area contributed by atoms with Gasteiger partial charge in [-0.15, -0.1) is 0 Å². The van der Waals surface area contributed by atoms with Crippen LogP contribution in [0.25, 0.3) is 0 Å². The average Bonchev–Trinajstić information content (AvgIpc) is 2.41. The molecule has 0 aliphatic carbocycles. The fraction of sp³-hybridized carbons (Fsp3) is 0.294. The monoisotopic (exact) mass is 306 g/mol. The molecule has 0 amide bonds. The van der Waals surface area contributed by atoms with Crippen LogP contribution in [0, 0.1) is 12.7 Å². The summed E-state index contributed by atoms with van der Waals surface area (Å²) in [7, 11) is 3.95. The Kier molecular flexibility index (Phi) is 4.73. The van der Waals surface area contributed by atoms with Gasteiger partial charge in [0.25, 0.3) is 0 Å². The number of nitrogens with zero attached hydrogens (tertiary/aromatic N) is 1. The lowest BCUT2D eigenvalue weighted by Crippen LogP contribution is -2.14. The summed E-state index contributed by atoms with van der Waals surface area (Å²) in [5, 5.41) is 4.07. The van der Waals surface area contributed by atoms with Gasteiger partial charge >= 0.3 is 0 Å². The fourth-order valence-corrected chi connectivity index (χ4v) is 2.38. The number of rotatable bonds is 4. The van der Waals surface area contributed by atoms with Gasteiger partial charge in [0.15, 0.2) is 0 Å². The minimum Gasteiger partial charge on any atom is -0.377 e. The van der Waals surface area contributed by atoms with Gasteiger partial charge in [-0.25, -0.2) is 4.39 Å². The predicted octanol–water partition coefficient (Wildman–Crippen LogP) is 5.03. The van der Waals surface area contributed by atoms with E-state index in [4.69, 9.17) is 11.6 Å². The second-order valence-electron chi connectivity index (χ2n) is 5.43. The third kappa shape index (κ3) is 3.67. The summed E-state index contributed by atoms with van der Waals surface area (Å²) in [5.41, 5.74) is 3.53. The largest absolute Gasteiger partial charge is 0.377 e. The zero-order valence-corrected chi connectivity index (χ0v) is 13.5. The Labute approximate surface area is 130 Å². The van der Waals surface area contributed by atoms with Gasteiger partial charge in [0.2, 0.25) is 0 Å². The molecule has 2 aromatic rings. The van der Waals surface area contributed by atoms with Gasteiger partial charge in [0.1, 0.15) is 5.82 Å². The van der Waals surface area contributed by atoms with Gasteiger partial charge in [0, 0.05) is 25.2 Å². The first-order valence-corrected chi connectivity index (χ1v) is 7.25. The smallest absolute Gasteiger partial charge is 0.126 e. The molecule has 0 radical (unpaired) electrons. The summed E-state index contributed by atoms with van der Waals surface area (Å²) in [6.07, 6.45) is 0. The molecule has 0 spiro atoms. The summed E-state index contributed by atoms with van der Waals surface area (Å²) < 4.78 is 13.7. The molecule has 2 aromatic carbocycles. The molecule has 0 fully saturated rings. The summed E-state index contributed by atoms with van der Waals surface area (Å²) in [5.74, 6) is -0.180. The molecular weight excluding hydrogens is 287 g/mol. The van der Waals surface area contributed by atoms with E-state index < -0.39 is 0 Å². The molecule has 1 atom stereocenters. The SMILES string of the molecule is Cc1ccc(C(C)Nc2cc(Cl)ccc2N(C)C)cc1F.